The summed E-state index contributed by atoms with van der Waals surface area (Å²) in [6, 6.07) is 15.7. The molecule has 3 nitrogen and oxygen atoms in total. The molecule has 25 heavy (non-hydrogen) atoms. The van der Waals surface area contributed by atoms with Crippen molar-refractivity contribution in [1.29, 1.82) is 0 Å². The molecule has 2 aromatic carbocycles. The van der Waals surface area contributed by atoms with Crippen molar-refractivity contribution in [1.82, 2.24) is 5.32 Å². The third-order valence-electron chi connectivity index (χ3n) is 3.44. The van der Waals surface area contributed by atoms with Crippen molar-refractivity contribution in [3.05, 3.63) is 59.1 Å². The lowest BCUT2D eigenvalue weighted by molar-refractivity contribution is -0.118. The van der Waals surface area contributed by atoms with Gasteiger partial charge in [0, 0.05) is 16.5 Å². The first-order chi connectivity index (χ1) is 12.0. The van der Waals surface area contributed by atoms with E-state index in [1.54, 1.807) is 0 Å². The van der Waals surface area contributed by atoms with Crippen LogP contribution in [0.3, 0.4) is 0 Å². The van der Waals surface area contributed by atoms with Crippen molar-refractivity contribution in [2.45, 2.75) is 37.7 Å². The Bertz CT molecular complexity index is 656. The van der Waals surface area contributed by atoms with E-state index in [9.17, 15) is 4.79 Å². The Balaban J connectivity index is 1.61. The van der Waals surface area contributed by atoms with E-state index in [0.717, 1.165) is 23.5 Å². The third kappa shape index (κ3) is 7.84. The molecule has 0 aromatic heterocycles. The first kappa shape index (κ1) is 19.7. The summed E-state index contributed by atoms with van der Waals surface area (Å²) in [7, 11) is 0. The van der Waals surface area contributed by atoms with Gasteiger partial charge < -0.3 is 10.1 Å². The molecule has 0 saturated carbocycles. The van der Waals surface area contributed by atoms with Crippen molar-refractivity contribution in [2.24, 2.45) is 0 Å². The van der Waals surface area contributed by atoms with Gasteiger partial charge in [-0.2, -0.15) is 0 Å². The topological polar surface area (TPSA) is 38.3 Å². The van der Waals surface area contributed by atoms with Crippen LogP contribution in [0.2, 0.25) is 5.02 Å². The molecule has 0 radical (unpaired) electrons. The number of carbonyl (C=O) groups is 1. The summed E-state index contributed by atoms with van der Waals surface area (Å²) >= 11 is 7.36. The molecule has 0 aliphatic rings. The van der Waals surface area contributed by atoms with E-state index in [1.165, 1.54) is 17.3 Å². The molecule has 1 N–H and O–H groups in total. The Morgan fingerprint density at radius 1 is 1.12 bits per heavy atom. The number of rotatable bonds is 9. The van der Waals surface area contributed by atoms with Gasteiger partial charge in [-0.1, -0.05) is 23.7 Å². The molecule has 0 atom stereocenters. The van der Waals surface area contributed by atoms with Crippen LogP contribution in [-0.2, 0) is 11.2 Å². The van der Waals surface area contributed by atoms with Crippen molar-refractivity contribution in [3.63, 3.8) is 0 Å². The van der Waals surface area contributed by atoms with E-state index < -0.39 is 0 Å². The second kappa shape index (κ2) is 10.4. The summed E-state index contributed by atoms with van der Waals surface area (Å²) < 4.78 is 5.63. The van der Waals surface area contributed by atoms with Crippen LogP contribution in [0, 0.1) is 0 Å². The molecule has 0 fully saturated rings. The second-order valence-corrected chi connectivity index (χ2v) is 7.49. The van der Waals surface area contributed by atoms with E-state index in [2.05, 4.69) is 17.4 Å². The average molecular weight is 378 g/mol. The average Bonchev–Trinajstić information content (AvgIpc) is 2.59. The summed E-state index contributed by atoms with van der Waals surface area (Å²) in [6.45, 7) is 4.72. The SMILES string of the molecule is CC(C)Oc1ccc(CCCNC(=O)CSc2ccc(Cl)cc2)cc1. The number of aryl methyl sites for hydroxylation is 1. The molecule has 0 spiro atoms. The van der Waals surface area contributed by atoms with Crippen LogP contribution in [0.15, 0.2) is 53.4 Å². The summed E-state index contributed by atoms with van der Waals surface area (Å²) in [5.74, 6) is 1.37. The number of ether oxygens (including phenoxy) is 1. The fourth-order valence-corrected chi connectivity index (χ4v) is 3.11. The molecule has 0 heterocycles. The number of hydrogen-bond acceptors (Lipinski definition) is 3. The van der Waals surface area contributed by atoms with Crippen LogP contribution in [0.5, 0.6) is 5.75 Å². The van der Waals surface area contributed by atoms with Gasteiger partial charge in [0.25, 0.3) is 0 Å². The third-order valence-corrected chi connectivity index (χ3v) is 4.71. The lowest BCUT2D eigenvalue weighted by atomic mass is 10.1. The fourth-order valence-electron chi connectivity index (χ4n) is 2.26. The zero-order valence-electron chi connectivity index (χ0n) is 14.6. The summed E-state index contributed by atoms with van der Waals surface area (Å²) in [5, 5.41) is 3.67. The number of nitrogens with one attached hydrogen (secondary N) is 1. The molecule has 0 saturated heterocycles. The van der Waals surface area contributed by atoms with Crippen LogP contribution >= 0.6 is 23.4 Å². The van der Waals surface area contributed by atoms with Crippen LogP contribution in [0.1, 0.15) is 25.8 Å². The highest BCUT2D eigenvalue weighted by Crippen LogP contribution is 2.20. The molecule has 0 aliphatic heterocycles. The molecule has 5 heteroatoms. The zero-order valence-corrected chi connectivity index (χ0v) is 16.2. The van der Waals surface area contributed by atoms with Crippen LogP contribution in [0.25, 0.3) is 0 Å². The Morgan fingerprint density at radius 3 is 2.44 bits per heavy atom. The number of carbonyl (C=O) groups excluding carboxylic acids is 1. The van der Waals surface area contributed by atoms with Crippen molar-refractivity contribution in [3.8, 4) is 5.75 Å². The molecule has 0 unspecified atom stereocenters. The molecular weight excluding hydrogens is 354 g/mol. The van der Waals surface area contributed by atoms with Crippen LogP contribution in [-0.4, -0.2) is 24.3 Å². The smallest absolute Gasteiger partial charge is 0.230 e. The number of halogens is 1. The minimum absolute atomic E-state index is 0.0561. The normalized spacial score (nSPS) is 10.7. The van der Waals surface area contributed by atoms with E-state index in [0.29, 0.717) is 17.3 Å². The van der Waals surface area contributed by atoms with Crippen LogP contribution < -0.4 is 10.1 Å². The largest absolute Gasteiger partial charge is 0.491 e. The highest BCUT2D eigenvalue weighted by Gasteiger charge is 2.03. The van der Waals surface area contributed by atoms with Gasteiger partial charge in [-0.05, 0) is 68.7 Å². The van der Waals surface area contributed by atoms with Gasteiger partial charge >= 0.3 is 0 Å². The lowest BCUT2D eigenvalue weighted by Gasteiger charge is -2.10. The Kier molecular flexibility index (Phi) is 8.16. The number of hydrogen-bond donors (Lipinski definition) is 1. The number of benzene rings is 2. The van der Waals surface area contributed by atoms with E-state index in [-0.39, 0.29) is 12.0 Å². The second-order valence-electron chi connectivity index (χ2n) is 6.01. The highest BCUT2D eigenvalue weighted by molar-refractivity contribution is 8.00. The van der Waals surface area contributed by atoms with Gasteiger partial charge in [0.15, 0.2) is 0 Å². The Labute approximate surface area is 159 Å². The standard InChI is InChI=1S/C20H24ClNO2S/c1-15(2)24-18-9-5-16(6-10-18)4-3-13-22-20(23)14-25-19-11-7-17(21)8-12-19/h5-12,15H,3-4,13-14H2,1-2H3,(H,22,23). The molecule has 2 aromatic rings. The van der Waals surface area contributed by atoms with E-state index in [4.69, 9.17) is 16.3 Å². The quantitative estimate of drug-likeness (QED) is 0.495. The lowest BCUT2D eigenvalue weighted by Crippen LogP contribution is -2.26. The fraction of sp³-hybridized carbons (Fsp3) is 0.350. The molecule has 1 amide bonds. The van der Waals surface area contributed by atoms with Crippen molar-refractivity contribution in [2.75, 3.05) is 12.3 Å². The van der Waals surface area contributed by atoms with Gasteiger partial charge in [0.1, 0.15) is 5.75 Å². The summed E-state index contributed by atoms with van der Waals surface area (Å²) in [6.07, 6.45) is 2.04. The maximum Gasteiger partial charge on any atom is 0.230 e. The first-order valence-corrected chi connectivity index (χ1v) is 9.80. The van der Waals surface area contributed by atoms with Crippen LogP contribution in [0.4, 0.5) is 0 Å². The molecule has 0 bridgehead atoms. The van der Waals surface area contributed by atoms with E-state index >= 15 is 0 Å². The minimum atomic E-state index is 0.0561. The van der Waals surface area contributed by atoms with Crippen molar-refractivity contribution < 1.29 is 9.53 Å². The molecule has 0 aliphatic carbocycles. The maximum absolute atomic E-state index is 11.9. The highest BCUT2D eigenvalue weighted by atomic mass is 35.5. The van der Waals surface area contributed by atoms with Crippen molar-refractivity contribution >= 4 is 29.3 Å². The first-order valence-electron chi connectivity index (χ1n) is 8.43. The Morgan fingerprint density at radius 2 is 1.80 bits per heavy atom. The predicted octanol–water partition coefficient (Wildman–Crippen LogP) is 4.97. The molecule has 2 rings (SSSR count). The maximum atomic E-state index is 11.9. The van der Waals surface area contributed by atoms with Gasteiger partial charge in [0.05, 0.1) is 11.9 Å². The molecule has 134 valence electrons. The zero-order chi connectivity index (χ0) is 18.1. The van der Waals surface area contributed by atoms with Gasteiger partial charge in [-0.3, -0.25) is 4.79 Å². The minimum Gasteiger partial charge on any atom is -0.491 e. The molecular formula is C20H24ClNO2S. The van der Waals surface area contributed by atoms with Gasteiger partial charge in [-0.25, -0.2) is 0 Å². The van der Waals surface area contributed by atoms with E-state index in [1.807, 2.05) is 50.2 Å². The van der Waals surface area contributed by atoms with Gasteiger partial charge in [0.2, 0.25) is 5.91 Å². The monoisotopic (exact) mass is 377 g/mol. The summed E-state index contributed by atoms with van der Waals surface area (Å²) in [4.78, 5) is 12.9. The Hall–Kier alpha value is -1.65. The van der Waals surface area contributed by atoms with Gasteiger partial charge in [-0.15, -0.1) is 11.8 Å². The summed E-state index contributed by atoms with van der Waals surface area (Å²) in [5.41, 5.74) is 1.25. The number of thioether (sulfide) groups is 1. The predicted molar refractivity (Wildman–Crippen MR) is 106 cm³/mol. The number of amides is 1.